The van der Waals surface area contributed by atoms with Crippen LogP contribution in [0.15, 0.2) is 133 Å². The summed E-state index contributed by atoms with van der Waals surface area (Å²) in [6.45, 7) is 22.2. The van der Waals surface area contributed by atoms with Crippen LogP contribution in [0.3, 0.4) is 0 Å². The molecule has 59 heavy (non-hydrogen) atoms. The van der Waals surface area contributed by atoms with Crippen molar-refractivity contribution in [3.8, 4) is 33.4 Å². The number of fused-ring (bicyclic) bond motifs is 3. The molecule has 0 nitrogen and oxygen atoms in total. The molecule has 0 unspecified atom stereocenters. The standard InChI is InChI=1S/C31H29.C13H10.C12H19.2ClH.Zr/c1-18-11-20(3)30(21(4)12-18)24-7-9-28-26(15-24)17-27-16-25(8-10-29(27)28)31-22(5)13-19(2)14-23(31)6;1-3-7-12(8-4-1)11-13-9-5-2-6-10-13;1-5-6-10-7-8-11(9-10)12(2,3)4;;;/h7-15H,17H2,1-6H3;1-10H;7-9H,5-6H2,1-4H3;2*1H;/q-1;;-1;;;+2/p-2. The van der Waals surface area contributed by atoms with Gasteiger partial charge in [0.05, 0.1) is 0 Å². The molecule has 0 radical (unpaired) electrons. The summed E-state index contributed by atoms with van der Waals surface area (Å²) in [6, 6.07) is 52.4. The van der Waals surface area contributed by atoms with Gasteiger partial charge in [-0.05, 0) is 75.8 Å². The zero-order valence-electron chi connectivity index (χ0n) is 36.6. The molecule has 302 valence electrons. The van der Waals surface area contributed by atoms with Crippen LogP contribution in [0.4, 0.5) is 0 Å². The van der Waals surface area contributed by atoms with Gasteiger partial charge >= 0.3 is 99.2 Å². The molecule has 0 fully saturated rings. The van der Waals surface area contributed by atoms with E-state index in [-0.39, 0.29) is 24.8 Å². The maximum absolute atomic E-state index is 3.78. The van der Waals surface area contributed by atoms with Crippen molar-refractivity contribution >= 4 is 3.21 Å². The fourth-order valence-corrected chi connectivity index (χ4v) is 9.26. The van der Waals surface area contributed by atoms with E-state index in [9.17, 15) is 0 Å². The molecule has 0 saturated carbocycles. The first kappa shape index (κ1) is 47.7. The molecule has 0 heterocycles. The van der Waals surface area contributed by atoms with Crippen LogP contribution in [-0.2, 0) is 42.5 Å². The first-order chi connectivity index (χ1) is 27.2. The fourth-order valence-electron chi connectivity index (χ4n) is 8.45. The van der Waals surface area contributed by atoms with Crippen molar-refractivity contribution in [2.75, 3.05) is 0 Å². The number of hydrogen-bond acceptors (Lipinski definition) is 0. The Morgan fingerprint density at radius 3 is 1.63 bits per heavy atom. The predicted molar refractivity (Wildman–Crippen MR) is 244 cm³/mol. The second kappa shape index (κ2) is 21.0. The molecule has 0 atom stereocenters. The molecule has 0 aliphatic heterocycles. The van der Waals surface area contributed by atoms with Gasteiger partial charge < -0.3 is 24.8 Å². The zero-order chi connectivity index (χ0) is 40.9. The summed E-state index contributed by atoms with van der Waals surface area (Å²) in [4.78, 5) is 0. The molecule has 1 aliphatic rings. The van der Waals surface area contributed by atoms with Gasteiger partial charge in [-0.15, -0.1) is 29.3 Å². The minimum atomic E-state index is 0. The fraction of sp³-hybridized carbons (Fsp3) is 0.250. The molecule has 0 aromatic heterocycles. The van der Waals surface area contributed by atoms with Crippen molar-refractivity contribution in [3.63, 3.8) is 0 Å². The Morgan fingerprint density at radius 2 is 1.14 bits per heavy atom. The van der Waals surface area contributed by atoms with Crippen LogP contribution in [0, 0.1) is 47.6 Å². The first-order valence-electron chi connectivity index (χ1n) is 20.5. The Balaban J connectivity index is 0.000000228. The van der Waals surface area contributed by atoms with Crippen molar-refractivity contribution in [1.29, 1.82) is 0 Å². The molecule has 8 rings (SSSR count). The van der Waals surface area contributed by atoms with Gasteiger partial charge in [0, 0.05) is 0 Å². The van der Waals surface area contributed by atoms with Gasteiger partial charge in [0.1, 0.15) is 0 Å². The first-order valence-corrected chi connectivity index (χ1v) is 21.8. The SMILES string of the molecule is CCCc1cc(C(C)(C)C)c[cH-]1.Cc1cc(C)c(-c2[c-]c3c(cc2)-c2ccc(-c4c(C)cc(C)cc4C)cc2C3)c(C)c1.[Cl-].[Cl-].[Zr+2]=[C](c1ccccc1)c1ccccc1. The van der Waals surface area contributed by atoms with E-state index in [0.29, 0.717) is 5.41 Å². The molecule has 0 bridgehead atoms. The molecule has 3 heteroatoms. The molecule has 1 aliphatic carbocycles. The number of benzene rings is 6. The van der Waals surface area contributed by atoms with Gasteiger partial charge in [0.25, 0.3) is 0 Å². The second-order valence-corrected chi connectivity index (χ2v) is 18.2. The molecular formula is C56H58Cl2Zr-2. The summed E-state index contributed by atoms with van der Waals surface area (Å²) in [5, 5.41) is 0. The average molecular weight is 893 g/mol. The zero-order valence-corrected chi connectivity index (χ0v) is 40.5. The molecule has 0 N–H and O–H groups in total. The second-order valence-electron chi connectivity index (χ2n) is 17.0. The third-order valence-electron chi connectivity index (χ3n) is 11.0. The Morgan fingerprint density at radius 1 is 0.627 bits per heavy atom. The summed E-state index contributed by atoms with van der Waals surface area (Å²) in [5.41, 5.74) is 24.6. The van der Waals surface area contributed by atoms with Crippen molar-refractivity contribution in [3.05, 3.63) is 206 Å². The van der Waals surface area contributed by atoms with E-state index in [0.717, 1.165) is 6.42 Å². The van der Waals surface area contributed by atoms with E-state index < -0.39 is 0 Å². The molecule has 0 saturated heterocycles. The summed E-state index contributed by atoms with van der Waals surface area (Å²) < 4.78 is 1.42. The molecule has 0 amide bonds. The molecule has 0 spiro atoms. The summed E-state index contributed by atoms with van der Waals surface area (Å²) in [6.07, 6.45) is 3.42. The van der Waals surface area contributed by atoms with Crippen LogP contribution >= 0.6 is 0 Å². The topological polar surface area (TPSA) is 0 Å². The van der Waals surface area contributed by atoms with Crippen LogP contribution in [-0.4, -0.2) is 3.21 Å². The summed E-state index contributed by atoms with van der Waals surface area (Å²) in [5.74, 6) is 0. The number of rotatable bonds is 6. The average Bonchev–Trinajstić information content (AvgIpc) is 3.80. The van der Waals surface area contributed by atoms with E-state index in [1.54, 1.807) is 0 Å². The van der Waals surface area contributed by atoms with E-state index in [1.165, 1.54) is 140 Å². The van der Waals surface area contributed by atoms with Gasteiger partial charge in [-0.25, -0.2) is 6.07 Å². The molecular weight excluding hydrogens is 835 g/mol. The number of halogens is 2. The Bertz CT molecular complexity index is 2300. The van der Waals surface area contributed by atoms with Crippen LogP contribution in [0.25, 0.3) is 33.4 Å². The van der Waals surface area contributed by atoms with E-state index in [4.69, 9.17) is 0 Å². The van der Waals surface area contributed by atoms with Crippen LogP contribution in [0.5, 0.6) is 0 Å². The van der Waals surface area contributed by atoms with Gasteiger partial charge in [-0.2, -0.15) is 23.3 Å². The maximum atomic E-state index is 3.78. The van der Waals surface area contributed by atoms with E-state index >= 15 is 0 Å². The normalized spacial score (nSPS) is 11.1. The number of hydrogen-bond donors (Lipinski definition) is 0. The third kappa shape index (κ3) is 11.6. The van der Waals surface area contributed by atoms with E-state index in [1.807, 2.05) is 0 Å². The van der Waals surface area contributed by atoms with Gasteiger partial charge in [-0.1, -0.05) is 127 Å². The third-order valence-corrected chi connectivity index (χ3v) is 12.5. The Kier molecular flexibility index (Phi) is 17.0. The van der Waals surface area contributed by atoms with Crippen LogP contribution in [0.1, 0.15) is 101 Å². The van der Waals surface area contributed by atoms with Crippen molar-refractivity contribution < 1.29 is 49.0 Å². The molecule has 7 aromatic rings. The predicted octanol–water partition coefficient (Wildman–Crippen LogP) is 8.71. The van der Waals surface area contributed by atoms with Gasteiger partial charge in [-0.3, -0.25) is 0 Å². The van der Waals surface area contributed by atoms with E-state index in [2.05, 4.69) is 209 Å². The Labute approximate surface area is 383 Å². The molecule has 7 aromatic carbocycles. The quantitative estimate of drug-likeness (QED) is 0.147. The number of aryl methyl sites for hydroxylation is 7. The monoisotopic (exact) mass is 890 g/mol. The van der Waals surface area contributed by atoms with Crippen molar-refractivity contribution in [2.24, 2.45) is 0 Å². The van der Waals surface area contributed by atoms with Crippen LogP contribution in [0.2, 0.25) is 0 Å². The summed E-state index contributed by atoms with van der Waals surface area (Å²) in [7, 11) is 0. The van der Waals surface area contributed by atoms with Crippen molar-refractivity contribution in [2.45, 2.75) is 93.9 Å². The van der Waals surface area contributed by atoms with Gasteiger partial charge in [0.2, 0.25) is 0 Å². The van der Waals surface area contributed by atoms with Crippen molar-refractivity contribution in [1.82, 2.24) is 0 Å². The Hall–Kier alpha value is -4.00. The van der Waals surface area contributed by atoms with Gasteiger partial charge in [0.15, 0.2) is 0 Å². The van der Waals surface area contributed by atoms with Crippen LogP contribution < -0.4 is 24.8 Å². The summed E-state index contributed by atoms with van der Waals surface area (Å²) >= 11 is 1.46. The minimum absolute atomic E-state index is 0.